The van der Waals surface area contributed by atoms with E-state index >= 15 is 0 Å². The number of piperazine rings is 1. The standard InChI is InChI=1S/C23H24ClFN4O2/c24-19-4-1-3-17(15-19)16-28-11-13-29(14-12-28)22(30)6-2-5-21-26-23(27-31-21)18-7-9-20(25)10-8-18/h1,3-4,7-10,15H,2,5-6,11-14,16H2. The first kappa shape index (κ1) is 21.5. The number of hydrogen-bond donors (Lipinski definition) is 0. The summed E-state index contributed by atoms with van der Waals surface area (Å²) >= 11 is 6.06. The highest BCUT2D eigenvalue weighted by molar-refractivity contribution is 6.30. The Balaban J connectivity index is 1.19. The second kappa shape index (κ2) is 10.0. The van der Waals surface area contributed by atoms with E-state index in [0.717, 1.165) is 37.7 Å². The predicted octanol–water partition coefficient (Wildman–Crippen LogP) is 4.20. The Morgan fingerprint density at radius 2 is 1.87 bits per heavy atom. The van der Waals surface area contributed by atoms with Gasteiger partial charge >= 0.3 is 0 Å². The molecule has 2 aromatic carbocycles. The number of carbonyl (C=O) groups excluding carboxylic acids is 1. The van der Waals surface area contributed by atoms with Crippen LogP contribution < -0.4 is 0 Å². The molecule has 1 aliphatic heterocycles. The molecule has 162 valence electrons. The Bertz CT molecular complexity index is 1020. The zero-order valence-electron chi connectivity index (χ0n) is 17.1. The Morgan fingerprint density at radius 1 is 1.10 bits per heavy atom. The minimum atomic E-state index is -0.309. The van der Waals surface area contributed by atoms with Crippen LogP contribution in [0.3, 0.4) is 0 Å². The lowest BCUT2D eigenvalue weighted by atomic mass is 10.1. The van der Waals surface area contributed by atoms with Crippen molar-refractivity contribution in [2.45, 2.75) is 25.8 Å². The summed E-state index contributed by atoms with van der Waals surface area (Å²) in [5.41, 5.74) is 1.88. The molecule has 0 atom stereocenters. The summed E-state index contributed by atoms with van der Waals surface area (Å²) in [4.78, 5) is 21.1. The molecule has 2 heterocycles. The summed E-state index contributed by atoms with van der Waals surface area (Å²) in [6, 6.07) is 13.8. The molecule has 31 heavy (non-hydrogen) atoms. The van der Waals surface area contributed by atoms with Gasteiger partial charge in [-0.2, -0.15) is 4.98 Å². The van der Waals surface area contributed by atoms with Crippen molar-refractivity contribution in [3.63, 3.8) is 0 Å². The average molecular weight is 443 g/mol. The van der Waals surface area contributed by atoms with E-state index in [4.69, 9.17) is 16.1 Å². The van der Waals surface area contributed by atoms with Crippen molar-refractivity contribution in [3.8, 4) is 11.4 Å². The molecule has 1 aromatic heterocycles. The van der Waals surface area contributed by atoms with Gasteiger partial charge in [0.05, 0.1) is 0 Å². The number of nitrogens with zero attached hydrogens (tertiary/aromatic N) is 4. The van der Waals surface area contributed by atoms with Crippen LogP contribution in [-0.4, -0.2) is 52.0 Å². The number of aryl methyl sites for hydroxylation is 1. The monoisotopic (exact) mass is 442 g/mol. The number of benzene rings is 2. The molecular weight excluding hydrogens is 419 g/mol. The average Bonchev–Trinajstić information content (AvgIpc) is 3.24. The third-order valence-corrected chi connectivity index (χ3v) is 5.61. The smallest absolute Gasteiger partial charge is 0.226 e. The number of hydrogen-bond acceptors (Lipinski definition) is 5. The fourth-order valence-corrected chi connectivity index (χ4v) is 3.88. The lowest BCUT2D eigenvalue weighted by Gasteiger charge is -2.34. The molecule has 0 spiro atoms. The second-order valence-electron chi connectivity index (χ2n) is 7.66. The number of rotatable bonds is 7. The Labute approximate surface area is 185 Å². The van der Waals surface area contributed by atoms with Crippen molar-refractivity contribution in [1.82, 2.24) is 19.9 Å². The van der Waals surface area contributed by atoms with E-state index in [0.29, 0.717) is 36.5 Å². The lowest BCUT2D eigenvalue weighted by molar-refractivity contribution is -0.133. The highest BCUT2D eigenvalue weighted by Crippen LogP contribution is 2.18. The summed E-state index contributed by atoms with van der Waals surface area (Å²) in [6.45, 7) is 4.01. The van der Waals surface area contributed by atoms with Gasteiger partial charge in [0.1, 0.15) is 5.82 Å². The van der Waals surface area contributed by atoms with Crippen LogP contribution in [0.2, 0.25) is 5.02 Å². The first-order valence-electron chi connectivity index (χ1n) is 10.4. The number of halogens is 2. The Kier molecular flexibility index (Phi) is 6.94. The van der Waals surface area contributed by atoms with Gasteiger partial charge in [-0.15, -0.1) is 0 Å². The fourth-order valence-electron chi connectivity index (χ4n) is 3.67. The zero-order chi connectivity index (χ0) is 21.6. The Hall–Kier alpha value is -2.77. The van der Waals surface area contributed by atoms with E-state index in [1.165, 1.54) is 17.7 Å². The third-order valence-electron chi connectivity index (χ3n) is 5.37. The van der Waals surface area contributed by atoms with Crippen LogP contribution in [0.25, 0.3) is 11.4 Å². The van der Waals surface area contributed by atoms with Gasteiger partial charge in [0.15, 0.2) is 0 Å². The van der Waals surface area contributed by atoms with Crippen molar-refractivity contribution in [2.24, 2.45) is 0 Å². The maximum absolute atomic E-state index is 13.0. The number of amides is 1. The van der Waals surface area contributed by atoms with Crippen molar-refractivity contribution in [2.75, 3.05) is 26.2 Å². The molecule has 1 amide bonds. The molecule has 6 nitrogen and oxygen atoms in total. The minimum absolute atomic E-state index is 0.153. The van der Waals surface area contributed by atoms with Gasteiger partial charge in [-0.05, 0) is 48.4 Å². The molecule has 0 N–H and O–H groups in total. The van der Waals surface area contributed by atoms with E-state index in [9.17, 15) is 9.18 Å². The van der Waals surface area contributed by atoms with Crippen LogP contribution >= 0.6 is 11.6 Å². The quantitative estimate of drug-likeness (QED) is 0.549. The van der Waals surface area contributed by atoms with E-state index < -0.39 is 0 Å². The Morgan fingerprint density at radius 3 is 2.61 bits per heavy atom. The predicted molar refractivity (Wildman–Crippen MR) is 116 cm³/mol. The molecule has 0 aliphatic carbocycles. The highest BCUT2D eigenvalue weighted by Gasteiger charge is 2.21. The fraction of sp³-hybridized carbons (Fsp3) is 0.348. The van der Waals surface area contributed by atoms with Gasteiger partial charge in [-0.25, -0.2) is 4.39 Å². The van der Waals surface area contributed by atoms with Gasteiger partial charge in [0, 0.05) is 56.2 Å². The van der Waals surface area contributed by atoms with Crippen LogP contribution in [0.1, 0.15) is 24.3 Å². The van der Waals surface area contributed by atoms with Crippen LogP contribution in [0.5, 0.6) is 0 Å². The summed E-state index contributed by atoms with van der Waals surface area (Å²) < 4.78 is 18.3. The van der Waals surface area contributed by atoms with E-state index in [-0.39, 0.29) is 11.7 Å². The maximum atomic E-state index is 13.0. The van der Waals surface area contributed by atoms with E-state index in [1.54, 1.807) is 12.1 Å². The summed E-state index contributed by atoms with van der Waals surface area (Å²) in [6.07, 6.45) is 1.63. The largest absolute Gasteiger partial charge is 0.340 e. The van der Waals surface area contributed by atoms with Crippen molar-refractivity contribution in [1.29, 1.82) is 0 Å². The van der Waals surface area contributed by atoms with Crippen LogP contribution in [0.4, 0.5) is 4.39 Å². The summed E-state index contributed by atoms with van der Waals surface area (Å²) in [7, 11) is 0. The highest BCUT2D eigenvalue weighted by atomic mass is 35.5. The van der Waals surface area contributed by atoms with Gasteiger partial charge in [0.25, 0.3) is 0 Å². The third kappa shape index (κ3) is 5.89. The summed E-state index contributed by atoms with van der Waals surface area (Å²) in [5, 5.41) is 4.68. The van der Waals surface area contributed by atoms with Gasteiger partial charge in [-0.3, -0.25) is 9.69 Å². The van der Waals surface area contributed by atoms with Gasteiger partial charge in [-0.1, -0.05) is 28.9 Å². The molecule has 0 radical (unpaired) electrons. The van der Waals surface area contributed by atoms with Crippen LogP contribution in [0.15, 0.2) is 53.1 Å². The van der Waals surface area contributed by atoms with Crippen molar-refractivity contribution in [3.05, 3.63) is 70.8 Å². The van der Waals surface area contributed by atoms with Crippen LogP contribution in [-0.2, 0) is 17.8 Å². The second-order valence-corrected chi connectivity index (χ2v) is 8.10. The molecule has 0 bridgehead atoms. The summed E-state index contributed by atoms with van der Waals surface area (Å²) in [5.74, 6) is 0.757. The molecule has 1 aliphatic rings. The van der Waals surface area contributed by atoms with Crippen molar-refractivity contribution >= 4 is 17.5 Å². The minimum Gasteiger partial charge on any atom is -0.340 e. The molecule has 0 unspecified atom stereocenters. The van der Waals surface area contributed by atoms with E-state index in [2.05, 4.69) is 21.1 Å². The molecule has 0 saturated carbocycles. The molecule has 1 saturated heterocycles. The first-order chi connectivity index (χ1) is 15.1. The molecular formula is C23H24ClFN4O2. The van der Waals surface area contributed by atoms with Crippen LogP contribution in [0, 0.1) is 5.82 Å². The molecule has 1 fully saturated rings. The number of carbonyl (C=O) groups is 1. The van der Waals surface area contributed by atoms with Gasteiger partial charge < -0.3 is 9.42 Å². The molecule has 8 heteroatoms. The topological polar surface area (TPSA) is 62.5 Å². The zero-order valence-corrected chi connectivity index (χ0v) is 17.9. The van der Waals surface area contributed by atoms with Crippen molar-refractivity contribution < 1.29 is 13.7 Å². The maximum Gasteiger partial charge on any atom is 0.226 e. The molecule has 3 aromatic rings. The number of aromatic nitrogens is 2. The molecule has 4 rings (SSSR count). The first-order valence-corrected chi connectivity index (χ1v) is 10.8. The van der Waals surface area contributed by atoms with Gasteiger partial charge in [0.2, 0.25) is 17.6 Å². The normalized spacial score (nSPS) is 14.7. The van der Waals surface area contributed by atoms with E-state index in [1.807, 2.05) is 23.1 Å². The lowest BCUT2D eigenvalue weighted by Crippen LogP contribution is -2.48. The SMILES string of the molecule is O=C(CCCc1nc(-c2ccc(F)cc2)no1)N1CCN(Cc2cccc(Cl)c2)CC1.